The van der Waals surface area contributed by atoms with Gasteiger partial charge in [0.25, 0.3) is 0 Å². The zero-order valence-electron chi connectivity index (χ0n) is 9.04. The molecule has 0 bridgehead atoms. The standard InChI is InChI=1S/C11H8IN3O3/c12-7-3-1-2-4-9(7)18-11-8(15(16)17)5-6-10(13)14-11/h1-6H,(H2,13,14). The fraction of sp³-hybridized carbons (Fsp3) is 0. The molecule has 0 aliphatic heterocycles. The van der Waals surface area contributed by atoms with Crippen molar-refractivity contribution in [2.45, 2.75) is 0 Å². The van der Waals surface area contributed by atoms with Crippen LogP contribution < -0.4 is 10.5 Å². The van der Waals surface area contributed by atoms with Crippen molar-refractivity contribution in [3.05, 3.63) is 50.1 Å². The number of nitrogens with zero attached hydrogens (tertiary/aromatic N) is 2. The topological polar surface area (TPSA) is 91.3 Å². The summed E-state index contributed by atoms with van der Waals surface area (Å²) in [5.74, 6) is 0.560. The largest absolute Gasteiger partial charge is 0.433 e. The normalized spacial score (nSPS) is 10.1. The van der Waals surface area contributed by atoms with E-state index in [1.54, 1.807) is 12.1 Å². The molecule has 2 aromatic rings. The van der Waals surface area contributed by atoms with Crippen LogP contribution in [0.2, 0.25) is 0 Å². The predicted molar refractivity (Wildman–Crippen MR) is 74.5 cm³/mol. The van der Waals surface area contributed by atoms with Crippen molar-refractivity contribution in [1.29, 1.82) is 0 Å². The number of hydrogen-bond donors (Lipinski definition) is 1. The number of hydrogen-bond acceptors (Lipinski definition) is 5. The van der Waals surface area contributed by atoms with E-state index in [2.05, 4.69) is 27.6 Å². The molecule has 0 aliphatic rings. The first-order chi connectivity index (χ1) is 8.58. The van der Waals surface area contributed by atoms with Gasteiger partial charge in [0, 0.05) is 6.07 Å². The fourth-order valence-electron chi connectivity index (χ4n) is 1.29. The minimum absolute atomic E-state index is 0.107. The van der Waals surface area contributed by atoms with Crippen LogP contribution >= 0.6 is 22.6 Å². The summed E-state index contributed by atoms with van der Waals surface area (Å²) < 4.78 is 6.27. The van der Waals surface area contributed by atoms with Gasteiger partial charge in [0.1, 0.15) is 11.6 Å². The van der Waals surface area contributed by atoms with E-state index in [9.17, 15) is 10.1 Å². The Kier molecular flexibility index (Phi) is 3.60. The van der Waals surface area contributed by atoms with Crippen molar-refractivity contribution >= 4 is 34.1 Å². The van der Waals surface area contributed by atoms with Crippen LogP contribution in [0, 0.1) is 13.7 Å². The van der Waals surface area contributed by atoms with Gasteiger partial charge in [0.05, 0.1) is 8.49 Å². The average Bonchev–Trinajstić information content (AvgIpc) is 2.32. The van der Waals surface area contributed by atoms with E-state index in [0.29, 0.717) is 5.75 Å². The molecular formula is C11H8IN3O3. The minimum atomic E-state index is -0.558. The minimum Gasteiger partial charge on any atom is -0.433 e. The molecule has 2 N–H and O–H groups in total. The first kappa shape index (κ1) is 12.6. The number of ether oxygens (including phenoxy) is 1. The molecule has 0 atom stereocenters. The number of nitrogens with two attached hydrogens (primary N) is 1. The molecule has 0 fully saturated rings. The summed E-state index contributed by atoms with van der Waals surface area (Å²) in [6.45, 7) is 0. The molecule has 0 unspecified atom stereocenters. The van der Waals surface area contributed by atoms with Gasteiger partial charge >= 0.3 is 11.6 Å². The highest BCUT2D eigenvalue weighted by Gasteiger charge is 2.18. The highest BCUT2D eigenvalue weighted by atomic mass is 127. The quantitative estimate of drug-likeness (QED) is 0.518. The third kappa shape index (κ3) is 2.67. The summed E-state index contributed by atoms with van der Waals surface area (Å²) in [6.07, 6.45) is 0. The van der Waals surface area contributed by atoms with Crippen molar-refractivity contribution in [2.75, 3.05) is 5.73 Å². The van der Waals surface area contributed by atoms with Gasteiger partial charge in [-0.3, -0.25) is 10.1 Å². The Labute approximate surface area is 116 Å². The Balaban J connectivity index is 2.42. The highest BCUT2D eigenvalue weighted by molar-refractivity contribution is 14.1. The van der Waals surface area contributed by atoms with Crippen LogP contribution in [0.15, 0.2) is 36.4 Å². The van der Waals surface area contributed by atoms with Gasteiger partial charge in [-0.25, -0.2) is 0 Å². The fourth-order valence-corrected chi connectivity index (χ4v) is 1.79. The van der Waals surface area contributed by atoms with Crippen LogP contribution in [0.5, 0.6) is 11.6 Å². The number of halogens is 1. The van der Waals surface area contributed by atoms with Crippen molar-refractivity contribution in [3.8, 4) is 11.6 Å². The van der Waals surface area contributed by atoms with E-state index < -0.39 is 4.92 Å². The number of para-hydroxylation sites is 1. The molecule has 92 valence electrons. The van der Waals surface area contributed by atoms with Crippen molar-refractivity contribution < 1.29 is 9.66 Å². The summed E-state index contributed by atoms with van der Waals surface area (Å²) in [5, 5.41) is 10.9. The van der Waals surface area contributed by atoms with Gasteiger partial charge < -0.3 is 10.5 Å². The van der Waals surface area contributed by atoms with E-state index in [4.69, 9.17) is 10.5 Å². The molecule has 0 spiro atoms. The second-order valence-electron chi connectivity index (χ2n) is 3.35. The van der Waals surface area contributed by atoms with Crippen LogP contribution in [-0.2, 0) is 0 Å². The monoisotopic (exact) mass is 357 g/mol. The Morgan fingerprint density at radius 1 is 1.28 bits per heavy atom. The first-order valence-corrected chi connectivity index (χ1v) is 5.99. The van der Waals surface area contributed by atoms with E-state index >= 15 is 0 Å². The smallest absolute Gasteiger partial charge is 0.331 e. The molecule has 1 aromatic carbocycles. The second kappa shape index (κ2) is 5.17. The third-order valence-corrected chi connectivity index (χ3v) is 2.99. The Morgan fingerprint density at radius 2 is 2.00 bits per heavy atom. The number of aromatic nitrogens is 1. The van der Waals surface area contributed by atoms with E-state index in [1.807, 2.05) is 12.1 Å². The molecule has 18 heavy (non-hydrogen) atoms. The predicted octanol–water partition coefficient (Wildman–Crippen LogP) is 2.97. The van der Waals surface area contributed by atoms with Gasteiger partial charge in [0.2, 0.25) is 0 Å². The van der Waals surface area contributed by atoms with Gasteiger partial charge in [-0.2, -0.15) is 4.98 Å². The number of nitro groups is 1. The molecular weight excluding hydrogens is 349 g/mol. The summed E-state index contributed by atoms with van der Waals surface area (Å²) in [4.78, 5) is 14.1. The molecule has 6 nitrogen and oxygen atoms in total. The number of nitrogen functional groups attached to an aromatic ring is 1. The van der Waals surface area contributed by atoms with Crippen LogP contribution in [0.25, 0.3) is 0 Å². The molecule has 2 rings (SSSR count). The van der Waals surface area contributed by atoms with Gasteiger partial charge in [-0.15, -0.1) is 0 Å². The molecule has 0 aliphatic carbocycles. The van der Waals surface area contributed by atoms with Gasteiger partial charge in [-0.05, 0) is 40.8 Å². The first-order valence-electron chi connectivity index (χ1n) is 4.91. The number of benzene rings is 1. The molecule has 1 heterocycles. The average molecular weight is 357 g/mol. The zero-order valence-corrected chi connectivity index (χ0v) is 11.2. The lowest BCUT2D eigenvalue weighted by atomic mass is 10.3. The molecule has 7 heteroatoms. The Morgan fingerprint density at radius 3 is 2.67 bits per heavy atom. The lowest BCUT2D eigenvalue weighted by molar-refractivity contribution is -0.386. The van der Waals surface area contributed by atoms with Crippen molar-refractivity contribution in [2.24, 2.45) is 0 Å². The lowest BCUT2D eigenvalue weighted by Crippen LogP contribution is -1.99. The van der Waals surface area contributed by atoms with E-state index in [0.717, 1.165) is 3.57 Å². The van der Waals surface area contributed by atoms with E-state index in [-0.39, 0.29) is 17.4 Å². The highest BCUT2D eigenvalue weighted by Crippen LogP contribution is 2.32. The lowest BCUT2D eigenvalue weighted by Gasteiger charge is -2.07. The Bertz CT molecular complexity index is 604. The number of pyridine rings is 1. The summed E-state index contributed by atoms with van der Waals surface area (Å²) >= 11 is 2.07. The molecule has 1 aromatic heterocycles. The zero-order chi connectivity index (χ0) is 13.1. The van der Waals surface area contributed by atoms with Gasteiger partial charge in [-0.1, -0.05) is 12.1 Å². The SMILES string of the molecule is Nc1ccc([N+](=O)[O-])c(Oc2ccccc2I)n1. The summed E-state index contributed by atoms with van der Waals surface area (Å²) in [7, 11) is 0. The second-order valence-corrected chi connectivity index (χ2v) is 4.51. The maximum Gasteiger partial charge on any atom is 0.331 e. The van der Waals surface area contributed by atoms with Crippen molar-refractivity contribution in [3.63, 3.8) is 0 Å². The summed E-state index contributed by atoms with van der Waals surface area (Å²) in [5.41, 5.74) is 5.29. The third-order valence-electron chi connectivity index (χ3n) is 2.10. The van der Waals surface area contributed by atoms with Crippen LogP contribution in [-0.4, -0.2) is 9.91 Å². The molecule has 0 amide bonds. The van der Waals surface area contributed by atoms with E-state index in [1.165, 1.54) is 12.1 Å². The van der Waals surface area contributed by atoms with Crippen molar-refractivity contribution in [1.82, 2.24) is 4.98 Å². The summed E-state index contributed by atoms with van der Waals surface area (Å²) in [6, 6.07) is 9.78. The van der Waals surface area contributed by atoms with Crippen LogP contribution in [0.3, 0.4) is 0 Å². The number of anilines is 1. The molecule has 0 saturated heterocycles. The molecule has 0 radical (unpaired) electrons. The maximum atomic E-state index is 10.9. The maximum absolute atomic E-state index is 10.9. The molecule has 0 saturated carbocycles. The Hall–Kier alpha value is -1.90. The van der Waals surface area contributed by atoms with Crippen LogP contribution in [0.4, 0.5) is 11.5 Å². The van der Waals surface area contributed by atoms with Gasteiger partial charge in [0.15, 0.2) is 0 Å². The van der Waals surface area contributed by atoms with Crippen LogP contribution in [0.1, 0.15) is 0 Å². The number of rotatable bonds is 3.